The van der Waals surface area contributed by atoms with Gasteiger partial charge in [0.1, 0.15) is 5.69 Å². The van der Waals surface area contributed by atoms with Gasteiger partial charge >= 0.3 is 0 Å². The molecule has 2 aliphatic rings. The van der Waals surface area contributed by atoms with Crippen LogP contribution in [0.4, 0.5) is 22.7 Å². The van der Waals surface area contributed by atoms with Gasteiger partial charge in [-0.15, -0.1) is 0 Å². The quantitative estimate of drug-likeness (QED) is 0.227. The first-order valence-electron chi connectivity index (χ1n) is 13.0. The molecule has 2 fully saturated rings. The van der Waals surface area contributed by atoms with Crippen LogP contribution >= 0.6 is 0 Å². The molecule has 0 spiro atoms. The third kappa shape index (κ3) is 8.16. The van der Waals surface area contributed by atoms with Crippen molar-refractivity contribution in [3.63, 3.8) is 0 Å². The number of benzene rings is 2. The molecule has 2 aromatic carbocycles. The minimum absolute atomic E-state index is 0.0186. The molecular weight excluding hydrogens is 452 g/mol. The first-order valence-corrected chi connectivity index (χ1v) is 13.0. The summed E-state index contributed by atoms with van der Waals surface area (Å²) in [5.41, 5.74) is 8.94. The molecule has 0 radical (unpaired) electrons. The fourth-order valence-corrected chi connectivity index (χ4v) is 4.99. The molecule has 8 heteroatoms. The second-order valence-corrected chi connectivity index (χ2v) is 9.78. The fourth-order valence-electron chi connectivity index (χ4n) is 4.99. The third-order valence-electron chi connectivity index (χ3n) is 7.12. The lowest BCUT2D eigenvalue weighted by molar-refractivity contribution is -0.384. The average molecular weight is 489 g/mol. The lowest BCUT2D eigenvalue weighted by atomic mass is 9.89. The summed E-state index contributed by atoms with van der Waals surface area (Å²) in [5, 5.41) is 35.1. The first-order chi connectivity index (χ1) is 17.5. The van der Waals surface area contributed by atoms with Crippen LogP contribution in [0.15, 0.2) is 36.4 Å². The monoisotopic (exact) mass is 488 g/mol. The zero-order chi connectivity index (χ0) is 25.8. The number of anilines is 3. The predicted molar refractivity (Wildman–Crippen MR) is 144 cm³/mol. The van der Waals surface area contributed by atoms with Crippen molar-refractivity contribution in [2.24, 2.45) is 11.8 Å². The van der Waals surface area contributed by atoms with Crippen LogP contribution < -0.4 is 16.4 Å². The maximum absolute atomic E-state index is 11.0. The Morgan fingerprint density at radius 3 is 1.75 bits per heavy atom. The number of nitro groups is 1. The molecule has 0 amide bonds. The molecule has 0 unspecified atom stereocenters. The summed E-state index contributed by atoms with van der Waals surface area (Å²) in [6, 6.07) is 14.0. The van der Waals surface area contributed by atoms with E-state index in [1.807, 2.05) is 12.1 Å². The SMILES string of the molecule is N#Cc1ccc(NCC2CCCCC2)c(N)c1.N#Cc1ccc(NCC2CCCCC2)c([N+](=O)[O-])c1. The van der Waals surface area contributed by atoms with Gasteiger partial charge < -0.3 is 16.4 Å². The van der Waals surface area contributed by atoms with Crippen LogP contribution in [0, 0.1) is 44.6 Å². The van der Waals surface area contributed by atoms with E-state index >= 15 is 0 Å². The van der Waals surface area contributed by atoms with Crippen molar-refractivity contribution in [3.05, 3.63) is 57.6 Å². The zero-order valence-corrected chi connectivity index (χ0v) is 20.8. The highest BCUT2D eigenvalue weighted by Gasteiger charge is 2.18. The minimum Gasteiger partial charge on any atom is -0.397 e. The Morgan fingerprint density at radius 2 is 1.28 bits per heavy atom. The fraction of sp³-hybridized carbons (Fsp3) is 0.500. The Morgan fingerprint density at radius 1 is 0.806 bits per heavy atom. The van der Waals surface area contributed by atoms with E-state index in [-0.39, 0.29) is 5.69 Å². The van der Waals surface area contributed by atoms with Crippen molar-refractivity contribution in [3.8, 4) is 12.1 Å². The van der Waals surface area contributed by atoms with Crippen LogP contribution in [0.2, 0.25) is 0 Å². The van der Waals surface area contributed by atoms with Crippen LogP contribution in [0.1, 0.15) is 75.3 Å². The summed E-state index contributed by atoms with van der Waals surface area (Å²) in [6.07, 6.45) is 12.9. The lowest BCUT2D eigenvalue weighted by Crippen LogP contribution is -2.17. The summed E-state index contributed by atoms with van der Waals surface area (Å²) >= 11 is 0. The van der Waals surface area contributed by atoms with E-state index in [1.165, 1.54) is 70.3 Å². The minimum atomic E-state index is -0.440. The number of nitrogen functional groups attached to an aromatic ring is 1. The maximum atomic E-state index is 11.0. The van der Waals surface area contributed by atoms with Gasteiger partial charge in [0.2, 0.25) is 0 Å². The highest BCUT2D eigenvalue weighted by atomic mass is 16.6. The van der Waals surface area contributed by atoms with Gasteiger partial charge in [-0.05, 0) is 67.9 Å². The van der Waals surface area contributed by atoms with E-state index in [2.05, 4.69) is 16.7 Å². The van der Waals surface area contributed by atoms with E-state index in [0.717, 1.165) is 24.7 Å². The largest absolute Gasteiger partial charge is 0.397 e. The van der Waals surface area contributed by atoms with E-state index in [0.29, 0.717) is 28.4 Å². The molecule has 8 nitrogen and oxygen atoms in total. The summed E-state index contributed by atoms with van der Waals surface area (Å²) in [4.78, 5) is 10.6. The number of rotatable bonds is 7. The zero-order valence-electron chi connectivity index (χ0n) is 20.8. The van der Waals surface area contributed by atoms with Crippen molar-refractivity contribution in [2.45, 2.75) is 64.2 Å². The number of nitro benzene ring substituents is 1. The van der Waals surface area contributed by atoms with E-state index in [4.69, 9.17) is 16.3 Å². The molecular formula is C28H36N6O2. The number of nitrogens with one attached hydrogen (secondary N) is 2. The third-order valence-corrected chi connectivity index (χ3v) is 7.12. The van der Waals surface area contributed by atoms with Crippen LogP contribution in [-0.2, 0) is 0 Å². The normalized spacial score (nSPS) is 16.1. The Hall–Kier alpha value is -3.78. The average Bonchev–Trinajstić information content (AvgIpc) is 2.92. The van der Waals surface area contributed by atoms with Gasteiger partial charge in [-0.25, -0.2) is 0 Å². The van der Waals surface area contributed by atoms with Crippen LogP contribution in [0.5, 0.6) is 0 Å². The smallest absolute Gasteiger partial charge is 0.293 e. The topological polar surface area (TPSA) is 141 Å². The Bertz CT molecular complexity index is 1090. The highest BCUT2D eigenvalue weighted by molar-refractivity contribution is 5.68. The van der Waals surface area contributed by atoms with Crippen molar-refractivity contribution in [2.75, 3.05) is 29.5 Å². The van der Waals surface area contributed by atoms with Gasteiger partial charge in [-0.1, -0.05) is 38.5 Å². The van der Waals surface area contributed by atoms with Gasteiger partial charge in [0.25, 0.3) is 5.69 Å². The molecule has 0 bridgehead atoms. The number of nitrogens with two attached hydrogens (primary N) is 1. The van der Waals surface area contributed by atoms with Crippen molar-refractivity contribution in [1.29, 1.82) is 10.5 Å². The summed E-state index contributed by atoms with van der Waals surface area (Å²) in [7, 11) is 0. The molecule has 0 aromatic heterocycles. The molecule has 2 aliphatic carbocycles. The molecule has 4 rings (SSSR count). The van der Waals surface area contributed by atoms with E-state index in [1.54, 1.807) is 24.3 Å². The molecule has 0 aliphatic heterocycles. The molecule has 0 atom stereocenters. The maximum Gasteiger partial charge on any atom is 0.293 e. The van der Waals surface area contributed by atoms with Gasteiger partial charge in [-0.2, -0.15) is 10.5 Å². The van der Waals surface area contributed by atoms with Gasteiger partial charge in [0.05, 0.1) is 39.6 Å². The summed E-state index contributed by atoms with van der Waals surface area (Å²) in [5.74, 6) is 1.38. The van der Waals surface area contributed by atoms with E-state index in [9.17, 15) is 10.1 Å². The van der Waals surface area contributed by atoms with Gasteiger partial charge in [0.15, 0.2) is 0 Å². The van der Waals surface area contributed by atoms with E-state index < -0.39 is 4.92 Å². The number of hydrogen-bond donors (Lipinski definition) is 3. The number of nitrogens with zero attached hydrogens (tertiary/aromatic N) is 3. The van der Waals surface area contributed by atoms with Crippen LogP contribution in [0.25, 0.3) is 0 Å². The van der Waals surface area contributed by atoms with Crippen LogP contribution in [-0.4, -0.2) is 18.0 Å². The molecule has 0 saturated heterocycles. The lowest BCUT2D eigenvalue weighted by Gasteiger charge is -2.22. The number of nitriles is 2. The Balaban J connectivity index is 0.000000202. The molecule has 4 N–H and O–H groups in total. The molecule has 0 heterocycles. The second kappa shape index (κ2) is 13.9. The summed E-state index contributed by atoms with van der Waals surface area (Å²) in [6.45, 7) is 1.77. The summed E-state index contributed by atoms with van der Waals surface area (Å²) < 4.78 is 0. The molecule has 2 aromatic rings. The Kier molecular flexibility index (Phi) is 10.4. The first kappa shape index (κ1) is 26.8. The molecule has 36 heavy (non-hydrogen) atoms. The molecule has 2 saturated carbocycles. The van der Waals surface area contributed by atoms with Crippen molar-refractivity contribution >= 4 is 22.7 Å². The van der Waals surface area contributed by atoms with Crippen molar-refractivity contribution < 1.29 is 4.92 Å². The molecule has 190 valence electrons. The van der Waals surface area contributed by atoms with Crippen molar-refractivity contribution in [1.82, 2.24) is 0 Å². The van der Waals surface area contributed by atoms with Crippen LogP contribution in [0.3, 0.4) is 0 Å². The Labute approximate surface area is 213 Å². The predicted octanol–water partition coefficient (Wildman–Crippen LogP) is 6.59. The number of hydrogen-bond acceptors (Lipinski definition) is 7. The van der Waals surface area contributed by atoms with Gasteiger partial charge in [-0.3, -0.25) is 10.1 Å². The standard InChI is InChI=1S/C14H17N3O2.C14H19N3/c15-9-12-6-7-13(14(8-12)17(18)19)16-10-11-4-2-1-3-5-11;15-9-12-6-7-14(13(16)8-12)17-10-11-4-2-1-3-5-11/h6-8,11,16H,1-5,10H2;6-8,11,17H,1-5,10,16H2. The van der Waals surface area contributed by atoms with Gasteiger partial charge in [0, 0.05) is 19.2 Å². The second-order valence-electron chi connectivity index (χ2n) is 9.78. The highest BCUT2D eigenvalue weighted by Crippen LogP contribution is 2.29.